The molecular formula is C17H24ClFN2. The fourth-order valence-electron chi connectivity index (χ4n) is 2.69. The van der Waals surface area contributed by atoms with Crippen LogP contribution in [0.2, 0.25) is 0 Å². The van der Waals surface area contributed by atoms with Crippen molar-refractivity contribution >= 4 is 22.6 Å². The van der Waals surface area contributed by atoms with Gasteiger partial charge in [-0.3, -0.25) is 0 Å². The predicted molar refractivity (Wildman–Crippen MR) is 87.2 cm³/mol. The van der Waals surface area contributed by atoms with Gasteiger partial charge in [0.05, 0.1) is 11.4 Å². The molecule has 1 aromatic carbocycles. The summed E-state index contributed by atoms with van der Waals surface area (Å²) in [4.78, 5) is 4.32. The van der Waals surface area contributed by atoms with Crippen molar-refractivity contribution in [3.8, 4) is 0 Å². The summed E-state index contributed by atoms with van der Waals surface area (Å²) in [5, 5.41) is 0. The monoisotopic (exact) mass is 310 g/mol. The van der Waals surface area contributed by atoms with E-state index in [0.717, 1.165) is 30.2 Å². The van der Waals surface area contributed by atoms with Gasteiger partial charge >= 0.3 is 0 Å². The highest BCUT2D eigenvalue weighted by molar-refractivity contribution is 6.16. The highest BCUT2D eigenvalue weighted by Gasteiger charge is 2.12. The van der Waals surface area contributed by atoms with Crippen molar-refractivity contribution in [2.45, 2.75) is 58.4 Å². The normalized spacial score (nSPS) is 11.7. The van der Waals surface area contributed by atoms with Crippen molar-refractivity contribution in [1.29, 1.82) is 0 Å². The van der Waals surface area contributed by atoms with Crippen LogP contribution in [0.4, 0.5) is 4.39 Å². The zero-order valence-electron chi connectivity index (χ0n) is 12.9. The lowest BCUT2D eigenvalue weighted by molar-refractivity contribution is 0.505. The fourth-order valence-corrected chi connectivity index (χ4v) is 2.89. The molecule has 2 aromatic rings. The summed E-state index contributed by atoms with van der Waals surface area (Å²) in [5.41, 5.74) is 1.29. The van der Waals surface area contributed by atoms with Crippen LogP contribution in [0.1, 0.15) is 51.8 Å². The van der Waals surface area contributed by atoms with Crippen molar-refractivity contribution in [2.75, 3.05) is 0 Å². The number of hydrogen-bond donors (Lipinski definition) is 0. The van der Waals surface area contributed by atoms with Crippen LogP contribution in [-0.4, -0.2) is 9.55 Å². The van der Waals surface area contributed by atoms with Gasteiger partial charge < -0.3 is 4.57 Å². The Kier molecular flexibility index (Phi) is 6.04. The summed E-state index contributed by atoms with van der Waals surface area (Å²) in [6, 6.07) is 5.10. The van der Waals surface area contributed by atoms with Gasteiger partial charge in [0.25, 0.3) is 0 Å². The van der Waals surface area contributed by atoms with Gasteiger partial charge in [-0.1, -0.05) is 45.6 Å². The van der Waals surface area contributed by atoms with Gasteiger partial charge in [0.2, 0.25) is 0 Å². The Hall–Kier alpha value is -1.09. The lowest BCUT2D eigenvalue weighted by Crippen LogP contribution is -2.02. The van der Waals surface area contributed by atoms with E-state index < -0.39 is 0 Å². The Morgan fingerprint density at radius 3 is 2.67 bits per heavy atom. The molecule has 0 radical (unpaired) electrons. The van der Waals surface area contributed by atoms with Crippen LogP contribution in [0.25, 0.3) is 11.0 Å². The molecule has 2 nitrogen and oxygen atoms in total. The number of benzene rings is 1. The Labute approximate surface area is 131 Å². The molecule has 0 bridgehead atoms. The number of aryl methyl sites for hydroxylation is 1. The molecule has 0 aliphatic carbocycles. The van der Waals surface area contributed by atoms with E-state index in [1.807, 2.05) is 6.07 Å². The SMILES string of the molecule is CC(C)CCCCCCn1c(CCl)nc2c(F)cccc21. The number of alkyl halides is 1. The van der Waals surface area contributed by atoms with Crippen molar-refractivity contribution in [3.05, 3.63) is 29.8 Å². The van der Waals surface area contributed by atoms with Gasteiger partial charge in [0.1, 0.15) is 11.3 Å². The smallest absolute Gasteiger partial charge is 0.151 e. The van der Waals surface area contributed by atoms with Gasteiger partial charge in [-0.15, -0.1) is 11.6 Å². The molecule has 21 heavy (non-hydrogen) atoms. The first-order valence-corrected chi connectivity index (χ1v) is 8.36. The average molecular weight is 311 g/mol. The Balaban J connectivity index is 1.96. The fraction of sp³-hybridized carbons (Fsp3) is 0.588. The van der Waals surface area contributed by atoms with Crippen LogP contribution in [-0.2, 0) is 12.4 Å². The number of nitrogens with zero attached hydrogens (tertiary/aromatic N) is 2. The lowest BCUT2D eigenvalue weighted by Gasteiger charge is -2.08. The summed E-state index contributed by atoms with van der Waals surface area (Å²) < 4.78 is 15.8. The van der Waals surface area contributed by atoms with E-state index in [4.69, 9.17) is 11.6 Å². The maximum absolute atomic E-state index is 13.8. The van der Waals surface area contributed by atoms with Crippen molar-refractivity contribution in [3.63, 3.8) is 0 Å². The van der Waals surface area contributed by atoms with Crippen molar-refractivity contribution in [1.82, 2.24) is 9.55 Å². The van der Waals surface area contributed by atoms with E-state index in [2.05, 4.69) is 23.4 Å². The van der Waals surface area contributed by atoms with E-state index in [9.17, 15) is 4.39 Å². The molecule has 0 aliphatic heterocycles. The topological polar surface area (TPSA) is 17.8 Å². The molecule has 0 spiro atoms. The predicted octanol–water partition coefficient (Wildman–Crippen LogP) is 5.52. The van der Waals surface area contributed by atoms with Gasteiger partial charge in [0.15, 0.2) is 5.82 Å². The highest BCUT2D eigenvalue weighted by atomic mass is 35.5. The second kappa shape index (κ2) is 7.79. The van der Waals surface area contributed by atoms with E-state index in [0.29, 0.717) is 11.4 Å². The molecule has 0 aliphatic rings. The van der Waals surface area contributed by atoms with E-state index in [1.165, 1.54) is 31.7 Å². The van der Waals surface area contributed by atoms with Gasteiger partial charge in [-0.25, -0.2) is 9.37 Å². The minimum Gasteiger partial charge on any atom is -0.327 e. The third-order valence-corrected chi connectivity index (χ3v) is 4.08. The number of hydrogen-bond acceptors (Lipinski definition) is 1. The zero-order valence-corrected chi connectivity index (χ0v) is 13.7. The lowest BCUT2D eigenvalue weighted by atomic mass is 10.0. The number of unbranched alkanes of at least 4 members (excludes halogenated alkanes) is 3. The van der Waals surface area contributed by atoms with Crippen LogP contribution in [0.5, 0.6) is 0 Å². The second-order valence-corrected chi connectivity index (χ2v) is 6.28. The molecule has 0 saturated carbocycles. The first kappa shape index (κ1) is 16.3. The molecule has 1 aromatic heterocycles. The number of para-hydroxylation sites is 1. The number of halogens is 2. The van der Waals surface area contributed by atoms with Crippen LogP contribution < -0.4 is 0 Å². The average Bonchev–Trinajstić information content (AvgIpc) is 2.82. The highest BCUT2D eigenvalue weighted by Crippen LogP contribution is 2.21. The van der Waals surface area contributed by atoms with Crippen molar-refractivity contribution in [2.24, 2.45) is 5.92 Å². The molecule has 0 N–H and O–H groups in total. The Bertz CT molecular complexity index is 577. The summed E-state index contributed by atoms with van der Waals surface area (Å²) in [6.07, 6.45) is 6.13. The van der Waals surface area contributed by atoms with Crippen LogP contribution >= 0.6 is 11.6 Å². The molecule has 2 rings (SSSR count). The van der Waals surface area contributed by atoms with E-state index in [-0.39, 0.29) is 5.82 Å². The summed E-state index contributed by atoms with van der Waals surface area (Å²) in [7, 11) is 0. The molecule has 0 amide bonds. The minimum atomic E-state index is -0.269. The van der Waals surface area contributed by atoms with Gasteiger partial charge in [-0.05, 0) is 24.5 Å². The quantitative estimate of drug-likeness (QED) is 0.463. The molecular weight excluding hydrogens is 287 g/mol. The maximum atomic E-state index is 13.8. The summed E-state index contributed by atoms with van der Waals surface area (Å²) >= 11 is 5.95. The standard InChI is InChI=1S/C17H24ClFN2/c1-13(2)8-5-3-4-6-11-21-15-10-7-9-14(19)17(15)20-16(21)12-18/h7,9-10,13H,3-6,8,11-12H2,1-2H3. The minimum absolute atomic E-state index is 0.269. The molecule has 1 heterocycles. The van der Waals surface area contributed by atoms with Crippen LogP contribution in [0.3, 0.4) is 0 Å². The number of aromatic nitrogens is 2. The van der Waals surface area contributed by atoms with Crippen LogP contribution in [0, 0.1) is 11.7 Å². The molecule has 0 unspecified atom stereocenters. The second-order valence-electron chi connectivity index (χ2n) is 6.02. The molecule has 4 heteroatoms. The zero-order chi connectivity index (χ0) is 15.2. The molecule has 0 atom stereocenters. The summed E-state index contributed by atoms with van der Waals surface area (Å²) in [5.74, 6) is 1.60. The number of fused-ring (bicyclic) bond motifs is 1. The maximum Gasteiger partial charge on any atom is 0.151 e. The van der Waals surface area contributed by atoms with Gasteiger partial charge in [0, 0.05) is 6.54 Å². The van der Waals surface area contributed by atoms with E-state index >= 15 is 0 Å². The Morgan fingerprint density at radius 2 is 1.95 bits per heavy atom. The van der Waals surface area contributed by atoms with Crippen molar-refractivity contribution < 1.29 is 4.39 Å². The number of rotatable bonds is 8. The first-order valence-electron chi connectivity index (χ1n) is 7.83. The summed E-state index contributed by atoms with van der Waals surface area (Å²) in [6.45, 7) is 5.39. The largest absolute Gasteiger partial charge is 0.327 e. The Morgan fingerprint density at radius 1 is 1.19 bits per heavy atom. The van der Waals surface area contributed by atoms with E-state index in [1.54, 1.807) is 6.07 Å². The van der Waals surface area contributed by atoms with Crippen LogP contribution in [0.15, 0.2) is 18.2 Å². The molecule has 0 saturated heterocycles. The third kappa shape index (κ3) is 4.19. The first-order chi connectivity index (χ1) is 10.1. The number of imidazole rings is 1. The molecule has 116 valence electrons. The van der Waals surface area contributed by atoms with Gasteiger partial charge in [-0.2, -0.15) is 0 Å². The molecule has 0 fully saturated rings. The third-order valence-electron chi connectivity index (χ3n) is 3.84.